The molecular weight excluding hydrogens is 413 g/mol. The smallest absolute Gasteiger partial charge is 0.300 e. The van der Waals surface area contributed by atoms with E-state index in [1.54, 1.807) is 31.2 Å². The summed E-state index contributed by atoms with van der Waals surface area (Å²) < 4.78 is 25.0. The fraction of sp³-hybridized carbons (Fsp3) is 0.200. The summed E-state index contributed by atoms with van der Waals surface area (Å²) in [6.07, 6.45) is 0.819. The third-order valence-corrected chi connectivity index (χ3v) is 5.51. The Morgan fingerprint density at radius 2 is 1.84 bits per heavy atom. The molecule has 1 aliphatic heterocycles. The Morgan fingerprint density at radius 3 is 2.44 bits per heavy atom. The molecule has 1 N–H and O–H groups in total. The van der Waals surface area contributed by atoms with Crippen LogP contribution >= 0.6 is 0 Å². The lowest BCUT2D eigenvalue weighted by molar-refractivity contribution is -0.132. The van der Waals surface area contributed by atoms with Crippen LogP contribution in [0.3, 0.4) is 0 Å². The van der Waals surface area contributed by atoms with Crippen LogP contribution in [0.5, 0.6) is 5.75 Å². The highest BCUT2D eigenvalue weighted by Crippen LogP contribution is 2.43. The number of anilines is 1. The van der Waals surface area contributed by atoms with Gasteiger partial charge in [-0.3, -0.25) is 14.5 Å². The van der Waals surface area contributed by atoms with Crippen LogP contribution in [0.4, 0.5) is 10.1 Å². The van der Waals surface area contributed by atoms with E-state index in [-0.39, 0.29) is 16.9 Å². The largest absolute Gasteiger partial charge is 0.507 e. The van der Waals surface area contributed by atoms with E-state index in [0.29, 0.717) is 17.2 Å². The molecule has 0 saturated carbocycles. The molecule has 32 heavy (non-hydrogen) atoms. The fourth-order valence-corrected chi connectivity index (χ4v) is 3.87. The molecule has 0 aliphatic carbocycles. The zero-order chi connectivity index (χ0) is 23.0. The number of methoxy groups -OCH3 is 1. The lowest BCUT2D eigenvalue weighted by Gasteiger charge is -2.23. The van der Waals surface area contributed by atoms with Crippen LogP contribution in [-0.2, 0) is 16.0 Å². The van der Waals surface area contributed by atoms with Crippen molar-refractivity contribution in [2.75, 3.05) is 12.0 Å². The first-order valence-electron chi connectivity index (χ1n) is 10.2. The number of aliphatic hydroxyl groups is 1. The molecule has 2 heterocycles. The van der Waals surface area contributed by atoms with E-state index in [4.69, 9.17) is 9.15 Å². The zero-order valence-electron chi connectivity index (χ0n) is 17.9. The summed E-state index contributed by atoms with van der Waals surface area (Å²) in [6.45, 7) is 3.75. The molecule has 1 fully saturated rings. The van der Waals surface area contributed by atoms with Crippen LogP contribution < -0.4 is 9.64 Å². The maximum atomic E-state index is 14.0. The maximum Gasteiger partial charge on any atom is 0.300 e. The summed E-state index contributed by atoms with van der Waals surface area (Å²) in [5, 5.41) is 11.1. The Labute approximate surface area is 184 Å². The van der Waals surface area contributed by atoms with Crippen molar-refractivity contribution in [2.24, 2.45) is 0 Å². The summed E-state index contributed by atoms with van der Waals surface area (Å²) in [6, 6.07) is 13.1. The molecule has 2 aromatic carbocycles. The van der Waals surface area contributed by atoms with Crippen LogP contribution in [-0.4, -0.2) is 23.9 Å². The number of carbonyl (C=O) groups is 2. The summed E-state index contributed by atoms with van der Waals surface area (Å²) in [5.41, 5.74) is 1.32. The third kappa shape index (κ3) is 3.56. The van der Waals surface area contributed by atoms with E-state index in [2.05, 4.69) is 0 Å². The van der Waals surface area contributed by atoms with Crippen LogP contribution in [0, 0.1) is 12.7 Å². The Hall–Kier alpha value is -3.87. The highest BCUT2D eigenvalue weighted by Gasteiger charge is 2.48. The average molecular weight is 435 g/mol. The first kappa shape index (κ1) is 21.4. The number of carbonyl (C=O) groups excluding carboxylic acids is 2. The van der Waals surface area contributed by atoms with Gasteiger partial charge >= 0.3 is 0 Å². The molecule has 7 heteroatoms. The number of nitrogens with zero attached hydrogens (tertiary/aromatic N) is 1. The van der Waals surface area contributed by atoms with E-state index < -0.39 is 29.3 Å². The number of benzene rings is 2. The molecule has 1 aliphatic rings. The number of hydrogen-bond acceptors (Lipinski definition) is 5. The summed E-state index contributed by atoms with van der Waals surface area (Å²) in [4.78, 5) is 27.5. The Morgan fingerprint density at radius 1 is 1.12 bits per heavy atom. The standard InChI is InChI=1S/C25H22FNO5/c1-4-15-6-9-17(10-7-15)27-22(20-11-5-14(2)32-20)21(24(29)25(27)30)23(28)18-13-16(26)8-12-19(18)31-3/h5-13,22,28H,4H2,1-3H3/b23-21+. The van der Waals surface area contributed by atoms with Gasteiger partial charge in [0.2, 0.25) is 0 Å². The van der Waals surface area contributed by atoms with Gasteiger partial charge in [-0.25, -0.2) is 4.39 Å². The zero-order valence-corrected chi connectivity index (χ0v) is 17.9. The number of amides is 1. The monoisotopic (exact) mass is 435 g/mol. The quantitative estimate of drug-likeness (QED) is 0.349. The Kier molecular flexibility index (Phi) is 5.57. The van der Waals surface area contributed by atoms with E-state index in [0.717, 1.165) is 18.1 Å². The van der Waals surface area contributed by atoms with Gasteiger partial charge in [-0.05, 0) is 61.4 Å². The molecule has 0 spiro atoms. The van der Waals surface area contributed by atoms with Crippen LogP contribution in [0.1, 0.15) is 35.6 Å². The van der Waals surface area contributed by atoms with Crippen LogP contribution in [0.25, 0.3) is 5.76 Å². The van der Waals surface area contributed by atoms with E-state index in [1.807, 2.05) is 19.1 Å². The molecule has 0 bridgehead atoms. The predicted octanol–water partition coefficient (Wildman–Crippen LogP) is 4.92. The van der Waals surface area contributed by atoms with Crippen LogP contribution in [0.15, 0.2) is 64.6 Å². The number of aliphatic hydroxyl groups excluding tert-OH is 1. The lowest BCUT2D eigenvalue weighted by Crippen LogP contribution is -2.29. The molecule has 1 saturated heterocycles. The van der Waals surface area contributed by atoms with E-state index >= 15 is 0 Å². The minimum atomic E-state index is -1.02. The number of ether oxygens (including phenoxy) is 1. The number of aryl methyl sites for hydroxylation is 2. The molecule has 4 rings (SSSR count). The minimum Gasteiger partial charge on any atom is -0.507 e. The highest BCUT2D eigenvalue weighted by atomic mass is 19.1. The molecule has 6 nitrogen and oxygen atoms in total. The number of rotatable bonds is 5. The first-order chi connectivity index (χ1) is 15.3. The average Bonchev–Trinajstić information content (AvgIpc) is 3.34. The van der Waals surface area contributed by atoms with Crippen molar-refractivity contribution in [3.05, 3.63) is 88.6 Å². The topological polar surface area (TPSA) is 80.0 Å². The van der Waals surface area contributed by atoms with Crippen molar-refractivity contribution < 1.29 is 28.2 Å². The van der Waals surface area contributed by atoms with Crippen LogP contribution in [0.2, 0.25) is 0 Å². The fourth-order valence-electron chi connectivity index (χ4n) is 3.87. The van der Waals surface area contributed by atoms with Crippen molar-refractivity contribution >= 4 is 23.1 Å². The summed E-state index contributed by atoms with van der Waals surface area (Å²) in [5.74, 6) is -1.82. The second kappa shape index (κ2) is 8.34. The van der Waals surface area contributed by atoms with Gasteiger partial charge in [-0.15, -0.1) is 0 Å². The second-order valence-corrected chi connectivity index (χ2v) is 7.48. The molecular formula is C25H22FNO5. The molecule has 0 radical (unpaired) electrons. The second-order valence-electron chi connectivity index (χ2n) is 7.48. The maximum absolute atomic E-state index is 14.0. The number of hydrogen-bond donors (Lipinski definition) is 1. The molecule has 1 amide bonds. The molecule has 1 atom stereocenters. The van der Waals surface area contributed by atoms with Crippen molar-refractivity contribution in [1.29, 1.82) is 0 Å². The van der Waals surface area contributed by atoms with Gasteiger partial charge in [-0.1, -0.05) is 19.1 Å². The van der Waals surface area contributed by atoms with E-state index in [1.165, 1.54) is 24.1 Å². The lowest BCUT2D eigenvalue weighted by atomic mass is 9.98. The molecule has 1 unspecified atom stereocenters. The first-order valence-corrected chi connectivity index (χ1v) is 10.2. The van der Waals surface area contributed by atoms with Crippen molar-refractivity contribution in [2.45, 2.75) is 26.3 Å². The Balaban J connectivity index is 1.95. The summed E-state index contributed by atoms with van der Waals surface area (Å²) >= 11 is 0. The van der Waals surface area contributed by atoms with Crippen molar-refractivity contribution in [3.63, 3.8) is 0 Å². The van der Waals surface area contributed by atoms with Gasteiger partial charge in [0.05, 0.1) is 18.2 Å². The minimum absolute atomic E-state index is 0.0277. The van der Waals surface area contributed by atoms with Gasteiger partial charge < -0.3 is 14.3 Å². The van der Waals surface area contributed by atoms with Gasteiger partial charge in [0, 0.05) is 5.69 Å². The predicted molar refractivity (Wildman–Crippen MR) is 117 cm³/mol. The normalized spacial score (nSPS) is 17.8. The molecule has 3 aromatic rings. The van der Waals surface area contributed by atoms with Crippen molar-refractivity contribution in [1.82, 2.24) is 0 Å². The Bertz CT molecular complexity index is 1230. The summed E-state index contributed by atoms with van der Waals surface area (Å²) in [7, 11) is 1.37. The van der Waals surface area contributed by atoms with Crippen molar-refractivity contribution in [3.8, 4) is 5.75 Å². The van der Waals surface area contributed by atoms with Gasteiger partial charge in [-0.2, -0.15) is 0 Å². The molecule has 164 valence electrons. The number of Topliss-reactive ketones (excluding diaryl/α,β-unsaturated/α-hetero) is 1. The number of ketones is 1. The molecule has 1 aromatic heterocycles. The van der Waals surface area contributed by atoms with Gasteiger partial charge in [0.1, 0.15) is 34.9 Å². The number of halogens is 1. The van der Waals surface area contributed by atoms with E-state index in [9.17, 15) is 19.1 Å². The highest BCUT2D eigenvalue weighted by molar-refractivity contribution is 6.51. The number of furan rings is 1. The van der Waals surface area contributed by atoms with Gasteiger partial charge in [0.25, 0.3) is 11.7 Å². The SMILES string of the molecule is CCc1ccc(N2C(=O)C(=O)/C(=C(/O)c3cc(F)ccc3OC)C2c2ccc(C)o2)cc1. The third-order valence-electron chi connectivity index (χ3n) is 5.51. The van der Waals surface area contributed by atoms with Gasteiger partial charge in [0.15, 0.2) is 0 Å².